The van der Waals surface area contributed by atoms with Gasteiger partial charge in [0.1, 0.15) is 11.9 Å². The molecule has 0 amide bonds. The van der Waals surface area contributed by atoms with Gasteiger partial charge in [0.05, 0.1) is 0 Å². The van der Waals surface area contributed by atoms with Crippen LogP contribution in [0.3, 0.4) is 0 Å². The zero-order valence-electron chi connectivity index (χ0n) is 10.1. The van der Waals surface area contributed by atoms with Crippen LogP contribution in [0.1, 0.15) is 18.9 Å². The topological polar surface area (TPSA) is 66.0 Å². The van der Waals surface area contributed by atoms with Gasteiger partial charge in [-0.25, -0.2) is 4.68 Å². The van der Waals surface area contributed by atoms with E-state index in [1.165, 1.54) is 0 Å². The van der Waals surface area contributed by atoms with Crippen LogP contribution in [0.25, 0.3) is 0 Å². The average molecular weight is 267 g/mol. The van der Waals surface area contributed by atoms with E-state index in [9.17, 15) is 0 Å². The maximum Gasteiger partial charge on any atom is 0.238 e. The van der Waals surface area contributed by atoms with Gasteiger partial charge >= 0.3 is 0 Å². The van der Waals surface area contributed by atoms with Gasteiger partial charge in [-0.15, -0.1) is 5.10 Å². The van der Waals surface area contributed by atoms with Crippen molar-refractivity contribution >= 4 is 11.6 Å². The van der Waals surface area contributed by atoms with Crippen molar-refractivity contribution in [2.24, 2.45) is 5.73 Å². The van der Waals surface area contributed by atoms with Crippen molar-refractivity contribution in [2.75, 3.05) is 0 Å². The quantitative estimate of drug-likeness (QED) is 0.903. The summed E-state index contributed by atoms with van der Waals surface area (Å²) in [5.74, 6) is 1.25. The monoisotopic (exact) mass is 266 g/mol. The number of hydrogen-bond donors (Lipinski definition) is 1. The van der Waals surface area contributed by atoms with E-state index in [1.807, 2.05) is 12.1 Å². The van der Waals surface area contributed by atoms with Gasteiger partial charge in [-0.1, -0.05) is 29.8 Å². The number of aromatic nitrogens is 3. The van der Waals surface area contributed by atoms with Gasteiger partial charge in [-0.2, -0.15) is 0 Å². The molecule has 0 aliphatic rings. The minimum absolute atomic E-state index is 0.411. The lowest BCUT2D eigenvalue weighted by Crippen LogP contribution is -2.02. The lowest BCUT2D eigenvalue weighted by molar-refractivity contribution is 0.407. The molecule has 2 aromatic rings. The normalized spacial score (nSPS) is 10.6. The summed E-state index contributed by atoms with van der Waals surface area (Å²) in [7, 11) is 0. The summed E-state index contributed by atoms with van der Waals surface area (Å²) in [6.07, 6.45) is 2.55. The Hall–Kier alpha value is -1.59. The molecule has 0 saturated heterocycles. The fraction of sp³-hybridized carbons (Fsp3) is 0.333. The van der Waals surface area contributed by atoms with Gasteiger partial charge in [0, 0.05) is 18.1 Å². The largest absolute Gasteiger partial charge is 0.438 e. The highest BCUT2D eigenvalue weighted by molar-refractivity contribution is 6.31. The van der Waals surface area contributed by atoms with E-state index >= 15 is 0 Å². The standard InChI is InChI=1S/C12H15ClN4O/c1-2-5-17-12(8-15-16-17)18-10-4-3-9(7-14)11(13)6-10/h3-4,6,8H,2,5,7,14H2,1H3. The average Bonchev–Trinajstić information content (AvgIpc) is 2.78. The van der Waals surface area contributed by atoms with Gasteiger partial charge in [0.15, 0.2) is 0 Å². The Morgan fingerprint density at radius 2 is 2.28 bits per heavy atom. The Kier molecular flexibility index (Phi) is 4.17. The molecule has 0 aliphatic heterocycles. The molecule has 0 spiro atoms. The number of nitrogens with two attached hydrogens (primary N) is 1. The Morgan fingerprint density at radius 3 is 2.94 bits per heavy atom. The molecule has 0 unspecified atom stereocenters. The second kappa shape index (κ2) is 5.84. The van der Waals surface area contributed by atoms with Crippen LogP contribution in [-0.2, 0) is 13.1 Å². The minimum Gasteiger partial charge on any atom is -0.438 e. The third kappa shape index (κ3) is 2.80. The molecule has 2 N–H and O–H groups in total. The maximum atomic E-state index is 6.07. The fourth-order valence-electron chi connectivity index (χ4n) is 1.57. The van der Waals surface area contributed by atoms with E-state index in [4.69, 9.17) is 22.1 Å². The Morgan fingerprint density at radius 1 is 1.44 bits per heavy atom. The van der Waals surface area contributed by atoms with Gasteiger partial charge < -0.3 is 10.5 Å². The summed E-state index contributed by atoms with van der Waals surface area (Å²) in [6, 6.07) is 5.43. The molecule has 1 heterocycles. The van der Waals surface area contributed by atoms with Crippen molar-refractivity contribution in [3.05, 3.63) is 35.0 Å². The zero-order valence-corrected chi connectivity index (χ0v) is 10.9. The molecule has 0 atom stereocenters. The predicted octanol–water partition coefficient (Wildman–Crippen LogP) is 2.59. The molecule has 18 heavy (non-hydrogen) atoms. The molecule has 5 nitrogen and oxygen atoms in total. The maximum absolute atomic E-state index is 6.07. The van der Waals surface area contributed by atoms with E-state index in [0.717, 1.165) is 18.5 Å². The summed E-state index contributed by atoms with van der Waals surface area (Å²) in [4.78, 5) is 0. The molecule has 6 heteroatoms. The van der Waals surface area contributed by atoms with Crippen molar-refractivity contribution in [3.63, 3.8) is 0 Å². The first-order valence-corrected chi connectivity index (χ1v) is 6.17. The first kappa shape index (κ1) is 12.9. The smallest absolute Gasteiger partial charge is 0.238 e. The van der Waals surface area contributed by atoms with Crippen LogP contribution in [0.4, 0.5) is 0 Å². The molecular weight excluding hydrogens is 252 g/mol. The van der Waals surface area contributed by atoms with Crippen molar-refractivity contribution < 1.29 is 4.74 Å². The van der Waals surface area contributed by atoms with Gasteiger partial charge in [-0.05, 0) is 24.1 Å². The Balaban J connectivity index is 2.18. The van der Waals surface area contributed by atoms with E-state index in [1.54, 1.807) is 16.9 Å². The molecule has 0 aliphatic carbocycles. The van der Waals surface area contributed by atoms with Crippen LogP contribution in [0.15, 0.2) is 24.4 Å². The molecule has 1 aromatic carbocycles. The fourth-order valence-corrected chi connectivity index (χ4v) is 1.82. The van der Waals surface area contributed by atoms with Crippen LogP contribution < -0.4 is 10.5 Å². The van der Waals surface area contributed by atoms with E-state index < -0.39 is 0 Å². The Labute approximate surface area is 111 Å². The minimum atomic E-state index is 0.411. The highest BCUT2D eigenvalue weighted by Crippen LogP contribution is 2.26. The number of aryl methyl sites for hydroxylation is 1. The number of halogens is 1. The van der Waals surface area contributed by atoms with E-state index in [-0.39, 0.29) is 0 Å². The van der Waals surface area contributed by atoms with Crippen LogP contribution in [0.2, 0.25) is 5.02 Å². The highest BCUT2D eigenvalue weighted by Gasteiger charge is 2.07. The lowest BCUT2D eigenvalue weighted by Gasteiger charge is -2.08. The molecule has 96 valence electrons. The number of benzene rings is 1. The zero-order chi connectivity index (χ0) is 13.0. The molecule has 1 aromatic heterocycles. The lowest BCUT2D eigenvalue weighted by atomic mass is 10.2. The van der Waals surface area contributed by atoms with E-state index in [0.29, 0.717) is 23.2 Å². The van der Waals surface area contributed by atoms with E-state index in [2.05, 4.69) is 17.2 Å². The molecule has 2 rings (SSSR count). The second-order valence-corrected chi connectivity index (χ2v) is 4.26. The Bertz CT molecular complexity index is 527. The number of ether oxygens (including phenoxy) is 1. The third-order valence-corrected chi connectivity index (χ3v) is 2.84. The van der Waals surface area contributed by atoms with Crippen LogP contribution in [0, 0.1) is 0 Å². The summed E-state index contributed by atoms with van der Waals surface area (Å²) in [5.41, 5.74) is 6.44. The van der Waals surface area contributed by atoms with Crippen LogP contribution in [-0.4, -0.2) is 15.0 Å². The number of hydrogen-bond acceptors (Lipinski definition) is 4. The molecular formula is C12H15ClN4O. The summed E-state index contributed by atoms with van der Waals surface area (Å²) >= 11 is 6.07. The summed E-state index contributed by atoms with van der Waals surface area (Å²) < 4.78 is 7.41. The van der Waals surface area contributed by atoms with Crippen molar-refractivity contribution in [3.8, 4) is 11.6 Å². The SMILES string of the molecule is CCCn1nncc1Oc1ccc(CN)c(Cl)c1. The third-order valence-electron chi connectivity index (χ3n) is 2.48. The number of nitrogens with zero attached hydrogens (tertiary/aromatic N) is 3. The molecule has 0 fully saturated rings. The van der Waals surface area contributed by atoms with Gasteiger partial charge in [0.2, 0.25) is 5.88 Å². The molecule has 0 saturated carbocycles. The molecule has 0 bridgehead atoms. The second-order valence-electron chi connectivity index (χ2n) is 3.85. The van der Waals surface area contributed by atoms with Gasteiger partial charge in [-0.3, -0.25) is 0 Å². The van der Waals surface area contributed by atoms with Crippen molar-refractivity contribution in [1.82, 2.24) is 15.0 Å². The van der Waals surface area contributed by atoms with Crippen molar-refractivity contribution in [2.45, 2.75) is 26.4 Å². The first-order valence-electron chi connectivity index (χ1n) is 5.79. The first-order chi connectivity index (χ1) is 8.74. The van der Waals surface area contributed by atoms with Gasteiger partial charge in [0.25, 0.3) is 0 Å². The van der Waals surface area contributed by atoms with Crippen molar-refractivity contribution in [1.29, 1.82) is 0 Å². The number of rotatable bonds is 5. The van der Waals surface area contributed by atoms with Crippen LogP contribution >= 0.6 is 11.6 Å². The highest BCUT2D eigenvalue weighted by atomic mass is 35.5. The summed E-state index contributed by atoms with van der Waals surface area (Å²) in [5, 5.41) is 8.38. The van der Waals surface area contributed by atoms with Crippen LogP contribution in [0.5, 0.6) is 11.6 Å². The predicted molar refractivity (Wildman–Crippen MR) is 69.7 cm³/mol. The summed E-state index contributed by atoms with van der Waals surface area (Å²) in [6.45, 7) is 3.25. The molecule has 0 radical (unpaired) electrons.